The molecule has 0 aliphatic rings. The molecule has 0 unspecified atom stereocenters. The summed E-state index contributed by atoms with van der Waals surface area (Å²) in [7, 11) is 0. The first-order valence-corrected chi connectivity index (χ1v) is 5.43. The monoisotopic (exact) mass is 256 g/mol. The van der Waals surface area contributed by atoms with Crippen molar-refractivity contribution in [3.63, 3.8) is 0 Å². The van der Waals surface area contributed by atoms with Gasteiger partial charge < -0.3 is 15.8 Å². The van der Waals surface area contributed by atoms with Crippen LogP contribution in [0, 0.1) is 0 Å². The van der Waals surface area contributed by atoms with Crippen LogP contribution in [0.1, 0.15) is 18.9 Å². The summed E-state index contributed by atoms with van der Waals surface area (Å²) in [4.78, 5) is 21.6. The van der Waals surface area contributed by atoms with E-state index < -0.39 is 6.03 Å². The van der Waals surface area contributed by atoms with Gasteiger partial charge in [-0.05, 0) is 17.7 Å². The fourth-order valence-electron chi connectivity index (χ4n) is 1.12. The summed E-state index contributed by atoms with van der Waals surface area (Å²) in [6, 6.07) is 4.17. The van der Waals surface area contributed by atoms with Crippen LogP contribution in [0.3, 0.4) is 0 Å². The molecule has 0 aliphatic heterocycles. The van der Waals surface area contributed by atoms with Gasteiger partial charge in [0, 0.05) is 18.0 Å². The molecule has 1 aromatic rings. The van der Waals surface area contributed by atoms with Crippen LogP contribution in [0.15, 0.2) is 18.2 Å². The van der Waals surface area contributed by atoms with Crippen molar-refractivity contribution < 1.29 is 14.3 Å². The van der Waals surface area contributed by atoms with Crippen LogP contribution < -0.4 is 15.8 Å². The maximum Gasteiger partial charge on any atom is 0.312 e. The lowest BCUT2D eigenvalue weighted by molar-refractivity contribution is -0.134. The third-order valence-electron chi connectivity index (χ3n) is 2.00. The summed E-state index contributed by atoms with van der Waals surface area (Å²) in [6.07, 6.45) is 0.294. The average Bonchev–Trinajstić information content (AvgIpc) is 2.27. The summed E-state index contributed by atoms with van der Waals surface area (Å²) in [5.74, 6) is 0.0498. The van der Waals surface area contributed by atoms with Gasteiger partial charge in [0.05, 0.1) is 0 Å². The third-order valence-corrected chi connectivity index (χ3v) is 2.35. The smallest absolute Gasteiger partial charge is 0.312 e. The number of nitrogens with one attached hydrogen (secondary N) is 1. The molecule has 1 rings (SSSR count). The van der Waals surface area contributed by atoms with Gasteiger partial charge in [-0.15, -0.1) is 0 Å². The quantitative estimate of drug-likeness (QED) is 0.637. The molecule has 0 aromatic heterocycles. The van der Waals surface area contributed by atoms with Crippen LogP contribution in [0.4, 0.5) is 4.79 Å². The first-order chi connectivity index (χ1) is 8.02. The number of carbonyl (C=O) groups is 2. The Bertz CT molecular complexity index is 435. The van der Waals surface area contributed by atoms with Crippen LogP contribution in [0.5, 0.6) is 5.75 Å². The number of benzene rings is 1. The molecule has 0 bridgehead atoms. The maximum atomic E-state index is 11.1. The lowest BCUT2D eigenvalue weighted by atomic mass is 10.2. The number of ether oxygens (including phenoxy) is 1. The van der Waals surface area contributed by atoms with E-state index in [2.05, 4.69) is 5.32 Å². The van der Waals surface area contributed by atoms with E-state index in [0.717, 1.165) is 0 Å². The van der Waals surface area contributed by atoms with E-state index in [9.17, 15) is 9.59 Å². The molecule has 0 spiro atoms. The van der Waals surface area contributed by atoms with E-state index >= 15 is 0 Å². The van der Waals surface area contributed by atoms with Gasteiger partial charge in [-0.25, -0.2) is 4.79 Å². The zero-order chi connectivity index (χ0) is 12.8. The fraction of sp³-hybridized carbons (Fsp3) is 0.273. The molecule has 0 saturated carbocycles. The van der Waals surface area contributed by atoms with Gasteiger partial charge in [0.15, 0.2) is 0 Å². The summed E-state index contributed by atoms with van der Waals surface area (Å²) < 4.78 is 4.99. The van der Waals surface area contributed by atoms with E-state index in [0.29, 0.717) is 22.8 Å². The van der Waals surface area contributed by atoms with Crippen molar-refractivity contribution in [2.45, 2.75) is 19.9 Å². The number of halogens is 1. The number of primary amides is 1. The molecule has 0 saturated heterocycles. The van der Waals surface area contributed by atoms with E-state index in [-0.39, 0.29) is 12.5 Å². The molecule has 0 aliphatic carbocycles. The van der Waals surface area contributed by atoms with E-state index in [4.69, 9.17) is 22.1 Å². The van der Waals surface area contributed by atoms with Crippen LogP contribution in [0.2, 0.25) is 5.02 Å². The Morgan fingerprint density at radius 2 is 2.18 bits per heavy atom. The molecule has 92 valence electrons. The first kappa shape index (κ1) is 13.3. The van der Waals surface area contributed by atoms with Crippen LogP contribution in [0.25, 0.3) is 0 Å². The largest absolute Gasteiger partial charge is 0.426 e. The second kappa shape index (κ2) is 6.10. The molecular weight excluding hydrogens is 244 g/mol. The van der Waals surface area contributed by atoms with Gasteiger partial charge >= 0.3 is 12.0 Å². The number of carbonyl (C=O) groups excluding carboxylic acids is 2. The Morgan fingerprint density at radius 3 is 2.71 bits per heavy atom. The standard InChI is InChI=1S/C11H13ClN2O3/c1-2-10(15)17-8-4-3-7(9(12)5-8)6-14-11(13)16/h3-5H,2,6H2,1H3,(H3,13,14,16). The normalized spacial score (nSPS) is 9.76. The minimum absolute atomic E-state index is 0.232. The Labute approximate surface area is 104 Å². The Morgan fingerprint density at radius 1 is 1.47 bits per heavy atom. The number of nitrogens with two attached hydrogens (primary N) is 1. The lowest BCUT2D eigenvalue weighted by Gasteiger charge is -2.07. The highest BCUT2D eigenvalue weighted by molar-refractivity contribution is 6.31. The minimum atomic E-state index is -0.623. The zero-order valence-electron chi connectivity index (χ0n) is 9.33. The van der Waals surface area contributed by atoms with E-state index in [1.54, 1.807) is 19.1 Å². The minimum Gasteiger partial charge on any atom is -0.426 e. The molecule has 3 N–H and O–H groups in total. The van der Waals surface area contributed by atoms with Gasteiger partial charge in [0.25, 0.3) is 0 Å². The van der Waals surface area contributed by atoms with Crippen molar-refractivity contribution in [3.8, 4) is 5.75 Å². The predicted octanol–water partition coefficient (Wildman–Crippen LogP) is 1.82. The molecule has 6 heteroatoms. The summed E-state index contributed by atoms with van der Waals surface area (Å²) in [5.41, 5.74) is 5.64. The van der Waals surface area contributed by atoms with Crippen LogP contribution in [-0.4, -0.2) is 12.0 Å². The number of amides is 2. The zero-order valence-corrected chi connectivity index (χ0v) is 10.1. The Hall–Kier alpha value is -1.75. The predicted molar refractivity (Wildman–Crippen MR) is 63.8 cm³/mol. The number of rotatable bonds is 4. The van der Waals surface area contributed by atoms with Crippen LogP contribution in [-0.2, 0) is 11.3 Å². The van der Waals surface area contributed by atoms with Crippen molar-refractivity contribution in [1.82, 2.24) is 5.32 Å². The second-order valence-corrected chi connectivity index (χ2v) is 3.71. The highest BCUT2D eigenvalue weighted by atomic mass is 35.5. The van der Waals surface area contributed by atoms with Crippen LogP contribution >= 0.6 is 11.6 Å². The molecule has 5 nitrogen and oxygen atoms in total. The van der Waals surface area contributed by atoms with E-state index in [1.807, 2.05) is 0 Å². The highest BCUT2D eigenvalue weighted by Crippen LogP contribution is 2.22. The maximum absolute atomic E-state index is 11.1. The van der Waals surface area contributed by atoms with Crippen molar-refractivity contribution in [2.75, 3.05) is 0 Å². The average molecular weight is 257 g/mol. The molecule has 2 amide bonds. The SMILES string of the molecule is CCC(=O)Oc1ccc(CNC(N)=O)c(Cl)c1. The van der Waals surface area contributed by atoms with Crippen molar-refractivity contribution in [3.05, 3.63) is 28.8 Å². The van der Waals surface area contributed by atoms with E-state index in [1.165, 1.54) is 6.07 Å². The molecule has 0 radical (unpaired) electrons. The Kier molecular flexibility index (Phi) is 4.78. The number of hydrogen-bond donors (Lipinski definition) is 2. The van der Waals surface area contributed by atoms with Gasteiger partial charge in [0.2, 0.25) is 0 Å². The molecular formula is C11H13ClN2O3. The van der Waals surface area contributed by atoms with Gasteiger partial charge in [-0.3, -0.25) is 4.79 Å². The summed E-state index contributed by atoms with van der Waals surface area (Å²) in [5, 5.41) is 2.82. The number of esters is 1. The van der Waals surface area contributed by atoms with Gasteiger partial charge in [-0.2, -0.15) is 0 Å². The molecule has 0 fully saturated rings. The summed E-state index contributed by atoms with van der Waals surface area (Å²) in [6.45, 7) is 1.94. The topological polar surface area (TPSA) is 81.4 Å². The van der Waals surface area contributed by atoms with Crippen molar-refractivity contribution >= 4 is 23.6 Å². The fourth-order valence-corrected chi connectivity index (χ4v) is 1.36. The van der Waals surface area contributed by atoms with Gasteiger partial charge in [0.1, 0.15) is 5.75 Å². The first-order valence-electron chi connectivity index (χ1n) is 5.05. The molecule has 0 heterocycles. The van der Waals surface area contributed by atoms with Crippen molar-refractivity contribution in [2.24, 2.45) is 5.73 Å². The lowest BCUT2D eigenvalue weighted by Crippen LogP contribution is -2.28. The Balaban J connectivity index is 2.72. The molecule has 17 heavy (non-hydrogen) atoms. The summed E-state index contributed by atoms with van der Waals surface area (Å²) >= 11 is 5.96. The van der Waals surface area contributed by atoms with Gasteiger partial charge in [-0.1, -0.05) is 24.6 Å². The molecule has 1 aromatic carbocycles. The second-order valence-electron chi connectivity index (χ2n) is 3.30. The van der Waals surface area contributed by atoms with Crippen molar-refractivity contribution in [1.29, 1.82) is 0 Å². The number of hydrogen-bond acceptors (Lipinski definition) is 3. The highest BCUT2D eigenvalue weighted by Gasteiger charge is 2.06. The third kappa shape index (κ3) is 4.32. The number of urea groups is 1. The molecule has 0 atom stereocenters.